The van der Waals surface area contributed by atoms with E-state index in [1.807, 2.05) is 0 Å². The van der Waals surface area contributed by atoms with Gasteiger partial charge < -0.3 is 15.3 Å². The van der Waals surface area contributed by atoms with Crippen LogP contribution in [0.1, 0.15) is 43.5 Å². The van der Waals surface area contributed by atoms with Gasteiger partial charge in [-0.3, -0.25) is 0 Å². The lowest BCUT2D eigenvalue weighted by Gasteiger charge is -2.26. The molecule has 0 radical (unpaired) electrons. The average molecular weight is 290 g/mol. The molecule has 1 fully saturated rings. The molecule has 0 unspecified atom stereocenters. The minimum Gasteiger partial charge on any atom is -0.478 e. The van der Waals surface area contributed by atoms with Crippen molar-refractivity contribution in [2.24, 2.45) is 5.41 Å². The van der Waals surface area contributed by atoms with Gasteiger partial charge >= 0.3 is 12.0 Å². The molecule has 1 aromatic rings. The van der Waals surface area contributed by atoms with Gasteiger partial charge in [-0.15, -0.1) is 0 Å². The van der Waals surface area contributed by atoms with Crippen LogP contribution in [-0.2, 0) is 0 Å². The lowest BCUT2D eigenvalue weighted by molar-refractivity contribution is 0.0698. The molecule has 1 aliphatic rings. The van der Waals surface area contributed by atoms with E-state index in [4.69, 9.17) is 5.11 Å². The number of amides is 2. The maximum atomic E-state index is 12.3. The number of urea groups is 1. The van der Waals surface area contributed by atoms with Crippen molar-refractivity contribution >= 4 is 17.7 Å². The average Bonchev–Trinajstić information content (AvgIpc) is 2.93. The second kappa shape index (κ2) is 6.16. The number of anilines is 1. The highest BCUT2D eigenvalue weighted by atomic mass is 16.4. The Bertz CT molecular complexity index is 538. The summed E-state index contributed by atoms with van der Waals surface area (Å²) >= 11 is 0. The number of carbonyl (C=O) groups is 2. The SMILES string of the molecule is CCC1(CC)CCN(C(=O)Nc2ccccc2C(=O)O)C1. The van der Waals surface area contributed by atoms with Crippen molar-refractivity contribution in [3.63, 3.8) is 0 Å². The van der Waals surface area contributed by atoms with Gasteiger partial charge in [-0.05, 0) is 36.8 Å². The van der Waals surface area contributed by atoms with Crippen molar-refractivity contribution in [2.75, 3.05) is 18.4 Å². The van der Waals surface area contributed by atoms with Crippen LogP contribution in [-0.4, -0.2) is 35.1 Å². The van der Waals surface area contributed by atoms with Crippen LogP contribution in [0.25, 0.3) is 0 Å². The Morgan fingerprint density at radius 3 is 2.52 bits per heavy atom. The van der Waals surface area contributed by atoms with E-state index in [1.165, 1.54) is 6.07 Å². The molecule has 0 aliphatic carbocycles. The second-order valence-electron chi connectivity index (χ2n) is 5.66. The normalized spacial score (nSPS) is 16.8. The summed E-state index contributed by atoms with van der Waals surface area (Å²) in [5, 5.41) is 11.9. The lowest BCUT2D eigenvalue weighted by Crippen LogP contribution is -2.35. The fourth-order valence-corrected chi connectivity index (χ4v) is 2.91. The molecule has 114 valence electrons. The summed E-state index contributed by atoms with van der Waals surface area (Å²) in [5.74, 6) is -1.04. The van der Waals surface area contributed by atoms with Crippen LogP contribution in [0.4, 0.5) is 10.5 Å². The smallest absolute Gasteiger partial charge is 0.337 e. The summed E-state index contributed by atoms with van der Waals surface area (Å²) < 4.78 is 0. The van der Waals surface area contributed by atoms with Gasteiger partial charge in [0.05, 0.1) is 11.3 Å². The van der Waals surface area contributed by atoms with Gasteiger partial charge in [-0.25, -0.2) is 9.59 Å². The Morgan fingerprint density at radius 2 is 1.95 bits per heavy atom. The Morgan fingerprint density at radius 1 is 1.29 bits per heavy atom. The minimum absolute atomic E-state index is 0.113. The number of carbonyl (C=O) groups excluding carboxylic acids is 1. The van der Waals surface area contributed by atoms with Gasteiger partial charge in [0, 0.05) is 13.1 Å². The van der Waals surface area contributed by atoms with E-state index in [0.29, 0.717) is 5.69 Å². The van der Waals surface area contributed by atoms with Crippen LogP contribution in [0.2, 0.25) is 0 Å². The highest BCUT2D eigenvalue weighted by Crippen LogP contribution is 2.37. The van der Waals surface area contributed by atoms with Crippen molar-refractivity contribution in [1.82, 2.24) is 4.90 Å². The van der Waals surface area contributed by atoms with Crippen LogP contribution >= 0.6 is 0 Å². The number of benzene rings is 1. The second-order valence-corrected chi connectivity index (χ2v) is 5.66. The van der Waals surface area contributed by atoms with E-state index in [1.54, 1.807) is 23.1 Å². The van der Waals surface area contributed by atoms with Crippen LogP contribution in [0, 0.1) is 5.41 Å². The zero-order valence-corrected chi connectivity index (χ0v) is 12.6. The van der Waals surface area contributed by atoms with Crippen molar-refractivity contribution in [1.29, 1.82) is 0 Å². The Hall–Kier alpha value is -2.04. The van der Waals surface area contributed by atoms with Gasteiger partial charge in [0.15, 0.2) is 0 Å². The first-order valence-electron chi connectivity index (χ1n) is 7.39. The monoisotopic (exact) mass is 290 g/mol. The van der Waals surface area contributed by atoms with E-state index in [-0.39, 0.29) is 17.0 Å². The number of carboxylic acids is 1. The molecule has 0 atom stereocenters. The first-order chi connectivity index (χ1) is 10.0. The fourth-order valence-electron chi connectivity index (χ4n) is 2.91. The minimum atomic E-state index is -1.04. The largest absolute Gasteiger partial charge is 0.478 e. The number of nitrogens with zero attached hydrogens (tertiary/aromatic N) is 1. The number of carboxylic acid groups (broad SMARTS) is 1. The van der Waals surface area contributed by atoms with Crippen molar-refractivity contribution in [3.8, 4) is 0 Å². The molecule has 0 spiro atoms. The number of nitrogens with one attached hydrogen (secondary N) is 1. The molecule has 0 saturated carbocycles. The molecule has 1 heterocycles. The van der Waals surface area contributed by atoms with Crippen LogP contribution in [0.15, 0.2) is 24.3 Å². The lowest BCUT2D eigenvalue weighted by atomic mass is 9.82. The van der Waals surface area contributed by atoms with Crippen molar-refractivity contribution in [2.45, 2.75) is 33.1 Å². The summed E-state index contributed by atoms with van der Waals surface area (Å²) in [4.78, 5) is 25.3. The standard InChI is InChI=1S/C16H22N2O3/c1-3-16(4-2)9-10-18(11-16)15(21)17-13-8-6-5-7-12(13)14(19)20/h5-8H,3-4,9-11H2,1-2H3,(H,17,21)(H,19,20). The molecule has 21 heavy (non-hydrogen) atoms. The molecule has 1 saturated heterocycles. The summed E-state index contributed by atoms with van der Waals surface area (Å²) in [6.45, 7) is 5.78. The third kappa shape index (κ3) is 3.17. The van der Waals surface area contributed by atoms with Crippen molar-refractivity contribution < 1.29 is 14.7 Å². The molecule has 0 aromatic heterocycles. The Kier molecular flexibility index (Phi) is 4.50. The number of hydrogen-bond acceptors (Lipinski definition) is 2. The molecule has 2 N–H and O–H groups in total. The highest BCUT2D eigenvalue weighted by Gasteiger charge is 2.37. The van der Waals surface area contributed by atoms with Gasteiger partial charge in [-0.2, -0.15) is 0 Å². The molecule has 1 aromatic carbocycles. The maximum Gasteiger partial charge on any atom is 0.337 e. The first kappa shape index (κ1) is 15.4. The Labute approximate surface area is 125 Å². The number of aromatic carboxylic acids is 1. The molecule has 2 amide bonds. The number of hydrogen-bond donors (Lipinski definition) is 2. The first-order valence-corrected chi connectivity index (χ1v) is 7.39. The molecule has 5 heteroatoms. The summed E-state index contributed by atoms with van der Waals surface area (Å²) in [5.41, 5.74) is 0.673. The topological polar surface area (TPSA) is 69.6 Å². The van der Waals surface area contributed by atoms with Gasteiger partial charge in [0.25, 0.3) is 0 Å². The third-order valence-corrected chi connectivity index (χ3v) is 4.62. The number of likely N-dealkylation sites (tertiary alicyclic amines) is 1. The third-order valence-electron chi connectivity index (χ3n) is 4.62. The van der Waals surface area contributed by atoms with E-state index in [0.717, 1.165) is 32.4 Å². The zero-order chi connectivity index (χ0) is 15.5. The molecular formula is C16H22N2O3. The van der Waals surface area contributed by atoms with E-state index in [9.17, 15) is 9.59 Å². The summed E-state index contributed by atoms with van der Waals surface area (Å²) in [6, 6.07) is 6.25. The number of rotatable bonds is 4. The van der Waals surface area contributed by atoms with Crippen LogP contribution in [0.3, 0.4) is 0 Å². The van der Waals surface area contributed by atoms with E-state index < -0.39 is 5.97 Å². The fraction of sp³-hybridized carbons (Fsp3) is 0.500. The van der Waals surface area contributed by atoms with Gasteiger partial charge in [0.2, 0.25) is 0 Å². The van der Waals surface area contributed by atoms with Crippen LogP contribution < -0.4 is 5.32 Å². The predicted molar refractivity (Wildman–Crippen MR) is 81.6 cm³/mol. The highest BCUT2D eigenvalue weighted by molar-refractivity contribution is 6.00. The van der Waals surface area contributed by atoms with E-state index >= 15 is 0 Å². The number of para-hydroxylation sites is 1. The molecule has 2 rings (SSSR count). The molecular weight excluding hydrogens is 268 g/mol. The van der Waals surface area contributed by atoms with Gasteiger partial charge in [0.1, 0.15) is 0 Å². The predicted octanol–water partition coefficient (Wildman–Crippen LogP) is 3.43. The van der Waals surface area contributed by atoms with Crippen LogP contribution in [0.5, 0.6) is 0 Å². The molecule has 1 aliphatic heterocycles. The van der Waals surface area contributed by atoms with Crippen molar-refractivity contribution in [3.05, 3.63) is 29.8 Å². The molecule has 0 bridgehead atoms. The summed E-state index contributed by atoms with van der Waals surface area (Å²) in [6.07, 6.45) is 3.12. The maximum absolute atomic E-state index is 12.3. The summed E-state index contributed by atoms with van der Waals surface area (Å²) in [7, 11) is 0. The quantitative estimate of drug-likeness (QED) is 0.892. The zero-order valence-electron chi connectivity index (χ0n) is 12.6. The molecule has 5 nitrogen and oxygen atoms in total. The van der Waals surface area contributed by atoms with E-state index in [2.05, 4.69) is 19.2 Å². The van der Waals surface area contributed by atoms with Gasteiger partial charge in [-0.1, -0.05) is 26.0 Å². The Balaban J connectivity index is 2.08.